The molecule has 1 heteroatoms. The molecule has 0 saturated heterocycles. The Labute approximate surface area is 144 Å². The Morgan fingerprint density at radius 3 is 1.29 bits per heavy atom. The lowest BCUT2D eigenvalue weighted by Gasteiger charge is -2.16. The molecule has 0 aliphatic rings. The summed E-state index contributed by atoms with van der Waals surface area (Å²) in [5.41, 5.74) is 9.76. The van der Waals surface area contributed by atoms with E-state index in [2.05, 4.69) is 82.3 Å². The van der Waals surface area contributed by atoms with E-state index in [0.717, 1.165) is 16.9 Å². The molecule has 1 nitrogen and oxygen atoms in total. The Balaban J connectivity index is 2.23. The molecule has 3 rings (SSSR count). The molecule has 0 atom stereocenters. The Kier molecular flexibility index (Phi) is 4.44. The molecule has 3 aromatic rings. The highest BCUT2D eigenvalue weighted by Crippen LogP contribution is 2.39. The van der Waals surface area contributed by atoms with Gasteiger partial charge < -0.3 is 4.74 Å². The van der Waals surface area contributed by atoms with E-state index >= 15 is 0 Å². The number of methoxy groups -OCH3 is 1. The summed E-state index contributed by atoms with van der Waals surface area (Å²) in [4.78, 5) is 0. The minimum Gasteiger partial charge on any atom is -0.495 e. The molecule has 0 aliphatic heterocycles. The quantitative estimate of drug-likeness (QED) is 0.554. The number of aryl methyl sites for hydroxylation is 4. The van der Waals surface area contributed by atoms with E-state index in [0.29, 0.717) is 0 Å². The first-order chi connectivity index (χ1) is 11.5. The van der Waals surface area contributed by atoms with Crippen molar-refractivity contribution in [3.8, 4) is 28.0 Å². The van der Waals surface area contributed by atoms with Gasteiger partial charge in [-0.05, 0) is 38.8 Å². The van der Waals surface area contributed by atoms with Gasteiger partial charge in [0.15, 0.2) is 0 Å². The highest BCUT2D eigenvalue weighted by molar-refractivity contribution is 5.83. The molecule has 0 aliphatic carbocycles. The van der Waals surface area contributed by atoms with Crippen LogP contribution < -0.4 is 4.74 Å². The van der Waals surface area contributed by atoms with Crippen LogP contribution in [0.2, 0.25) is 0 Å². The summed E-state index contributed by atoms with van der Waals surface area (Å²) in [6.45, 7) is 8.54. The maximum absolute atomic E-state index is 5.84. The van der Waals surface area contributed by atoms with E-state index in [1.807, 2.05) is 0 Å². The zero-order valence-electron chi connectivity index (χ0n) is 15.1. The third-order valence-corrected chi connectivity index (χ3v) is 4.28. The lowest BCUT2D eigenvalue weighted by atomic mass is 9.94. The van der Waals surface area contributed by atoms with E-state index in [1.165, 1.54) is 33.4 Å². The van der Waals surface area contributed by atoms with E-state index in [1.54, 1.807) is 7.11 Å². The second-order valence-electron chi connectivity index (χ2n) is 6.64. The fourth-order valence-corrected chi connectivity index (χ4v) is 3.47. The fraction of sp³-hybridized carbons (Fsp3) is 0.217. The van der Waals surface area contributed by atoms with Crippen molar-refractivity contribution in [2.75, 3.05) is 7.11 Å². The van der Waals surface area contributed by atoms with E-state index < -0.39 is 0 Å². The molecule has 0 bridgehead atoms. The van der Waals surface area contributed by atoms with Crippen molar-refractivity contribution in [2.45, 2.75) is 27.7 Å². The van der Waals surface area contributed by atoms with Gasteiger partial charge in [-0.3, -0.25) is 0 Å². The first kappa shape index (κ1) is 16.3. The Bertz CT molecular complexity index is 780. The molecule has 122 valence electrons. The maximum Gasteiger partial charge on any atom is 0.134 e. The predicted octanol–water partition coefficient (Wildman–Crippen LogP) is 6.26. The normalized spacial score (nSPS) is 10.7. The molecule has 3 aromatic carbocycles. The van der Waals surface area contributed by atoms with Crippen LogP contribution in [-0.4, -0.2) is 7.11 Å². The molecule has 0 unspecified atom stereocenters. The minimum absolute atomic E-state index is 0.937. The second-order valence-corrected chi connectivity index (χ2v) is 6.64. The molecule has 0 spiro atoms. The molecular weight excluding hydrogens is 292 g/mol. The summed E-state index contributed by atoms with van der Waals surface area (Å²) in [6, 6.07) is 19.7. The average molecular weight is 316 g/mol. The topological polar surface area (TPSA) is 9.23 Å². The summed E-state index contributed by atoms with van der Waals surface area (Å²) >= 11 is 0. The average Bonchev–Trinajstić information content (AvgIpc) is 2.52. The van der Waals surface area contributed by atoms with Crippen molar-refractivity contribution in [2.24, 2.45) is 0 Å². The van der Waals surface area contributed by atoms with Crippen molar-refractivity contribution in [1.82, 2.24) is 0 Å². The van der Waals surface area contributed by atoms with Crippen molar-refractivity contribution >= 4 is 0 Å². The standard InChI is InChI=1S/C23H24O/c1-15-9-16(2)12-19(11-15)21-7-6-8-22(23(21)24-5)20-13-17(3)10-18(4)14-20/h6-14H,1-5H3. The van der Waals surface area contributed by atoms with Crippen molar-refractivity contribution in [1.29, 1.82) is 0 Å². The summed E-state index contributed by atoms with van der Waals surface area (Å²) in [6.07, 6.45) is 0. The highest BCUT2D eigenvalue weighted by Gasteiger charge is 2.13. The van der Waals surface area contributed by atoms with Crippen LogP contribution in [0.1, 0.15) is 22.3 Å². The molecular formula is C23H24O. The highest BCUT2D eigenvalue weighted by atomic mass is 16.5. The van der Waals surface area contributed by atoms with Gasteiger partial charge in [0.1, 0.15) is 5.75 Å². The Morgan fingerprint density at radius 2 is 0.958 bits per heavy atom. The van der Waals surface area contributed by atoms with Crippen molar-refractivity contribution in [3.05, 3.63) is 76.9 Å². The number of benzene rings is 3. The van der Waals surface area contributed by atoms with Gasteiger partial charge in [-0.2, -0.15) is 0 Å². The zero-order chi connectivity index (χ0) is 17.3. The first-order valence-electron chi connectivity index (χ1n) is 8.32. The zero-order valence-corrected chi connectivity index (χ0v) is 15.1. The molecule has 0 saturated carbocycles. The third-order valence-electron chi connectivity index (χ3n) is 4.28. The number of hydrogen-bond donors (Lipinski definition) is 0. The number of para-hydroxylation sites is 1. The van der Waals surface area contributed by atoms with Crippen molar-refractivity contribution in [3.63, 3.8) is 0 Å². The summed E-state index contributed by atoms with van der Waals surface area (Å²) in [7, 11) is 1.76. The molecule has 0 aromatic heterocycles. The monoisotopic (exact) mass is 316 g/mol. The van der Waals surface area contributed by atoms with E-state index in [-0.39, 0.29) is 0 Å². The fourth-order valence-electron chi connectivity index (χ4n) is 3.47. The molecule has 0 amide bonds. The minimum atomic E-state index is 0.937. The number of hydrogen-bond acceptors (Lipinski definition) is 1. The third kappa shape index (κ3) is 3.21. The molecule has 24 heavy (non-hydrogen) atoms. The van der Waals surface area contributed by atoms with Crippen LogP contribution in [-0.2, 0) is 0 Å². The van der Waals surface area contributed by atoms with Gasteiger partial charge in [0.05, 0.1) is 7.11 Å². The van der Waals surface area contributed by atoms with Gasteiger partial charge in [-0.15, -0.1) is 0 Å². The molecule has 0 N–H and O–H groups in total. The smallest absolute Gasteiger partial charge is 0.134 e. The summed E-state index contributed by atoms with van der Waals surface area (Å²) in [5.74, 6) is 0.937. The second kappa shape index (κ2) is 6.52. The van der Waals surface area contributed by atoms with E-state index in [4.69, 9.17) is 4.74 Å². The van der Waals surface area contributed by atoms with Crippen LogP contribution in [0.4, 0.5) is 0 Å². The molecule has 0 fully saturated rings. The number of ether oxygens (including phenoxy) is 1. The van der Waals surface area contributed by atoms with Crippen LogP contribution in [0.25, 0.3) is 22.3 Å². The van der Waals surface area contributed by atoms with Crippen LogP contribution in [0, 0.1) is 27.7 Å². The summed E-state index contributed by atoms with van der Waals surface area (Å²) < 4.78 is 5.84. The van der Waals surface area contributed by atoms with Gasteiger partial charge in [-0.1, -0.05) is 76.9 Å². The van der Waals surface area contributed by atoms with E-state index in [9.17, 15) is 0 Å². The van der Waals surface area contributed by atoms with Crippen LogP contribution in [0.5, 0.6) is 5.75 Å². The predicted molar refractivity (Wildman–Crippen MR) is 103 cm³/mol. The first-order valence-corrected chi connectivity index (χ1v) is 8.32. The SMILES string of the molecule is COc1c(-c2cc(C)cc(C)c2)cccc1-c1cc(C)cc(C)c1. The van der Waals surface area contributed by atoms with Crippen LogP contribution in [0.3, 0.4) is 0 Å². The van der Waals surface area contributed by atoms with Gasteiger partial charge in [0.25, 0.3) is 0 Å². The Hall–Kier alpha value is -2.54. The molecule has 0 heterocycles. The van der Waals surface area contributed by atoms with Gasteiger partial charge in [-0.25, -0.2) is 0 Å². The van der Waals surface area contributed by atoms with Gasteiger partial charge in [0.2, 0.25) is 0 Å². The van der Waals surface area contributed by atoms with Crippen molar-refractivity contribution < 1.29 is 4.74 Å². The molecule has 0 radical (unpaired) electrons. The van der Waals surface area contributed by atoms with Gasteiger partial charge in [0, 0.05) is 11.1 Å². The lowest BCUT2D eigenvalue weighted by Crippen LogP contribution is -1.93. The van der Waals surface area contributed by atoms with Crippen LogP contribution in [0.15, 0.2) is 54.6 Å². The van der Waals surface area contributed by atoms with Crippen LogP contribution >= 0.6 is 0 Å². The lowest BCUT2D eigenvalue weighted by molar-refractivity contribution is 0.418. The maximum atomic E-state index is 5.84. The van der Waals surface area contributed by atoms with Gasteiger partial charge >= 0.3 is 0 Å². The largest absolute Gasteiger partial charge is 0.495 e. The summed E-state index contributed by atoms with van der Waals surface area (Å²) in [5, 5.41) is 0. The number of rotatable bonds is 3. The Morgan fingerprint density at radius 1 is 0.583 bits per heavy atom.